The molecule has 1 aliphatic rings. The Morgan fingerprint density at radius 1 is 0.909 bits per heavy atom. The summed E-state index contributed by atoms with van der Waals surface area (Å²) in [6, 6.07) is 17.5. The van der Waals surface area contributed by atoms with Crippen molar-refractivity contribution in [3.63, 3.8) is 0 Å². The van der Waals surface area contributed by atoms with E-state index >= 15 is 0 Å². The minimum atomic E-state index is -4.48. The van der Waals surface area contributed by atoms with Gasteiger partial charge in [0.05, 0.1) is 23.8 Å². The number of aliphatic imine (C=N–C) groups is 1. The monoisotopic (exact) mass is 492 g/mol. The minimum Gasteiger partial charge on any atom is -0.493 e. The summed E-state index contributed by atoms with van der Waals surface area (Å²) < 4.78 is 46.2. The molecular formula is C25H21Cl2F3N2O. The van der Waals surface area contributed by atoms with Crippen molar-refractivity contribution >= 4 is 29.0 Å². The standard InChI is InChI=1S/C25H21Cl2F3N2O/c1-3-33-21-13-8-17(25(28,29)30)14-20(21)24-31-22(15-4-9-18(26)10-5-15)23(32(24)2)16-6-11-19(27)12-7-16/h4-14,22-23H,3H2,1-2H3. The molecule has 0 amide bonds. The summed E-state index contributed by atoms with van der Waals surface area (Å²) >= 11 is 12.2. The van der Waals surface area contributed by atoms with E-state index in [1.165, 1.54) is 6.07 Å². The summed E-state index contributed by atoms with van der Waals surface area (Å²) in [7, 11) is 1.82. The number of amidine groups is 1. The summed E-state index contributed by atoms with van der Waals surface area (Å²) in [5.41, 5.74) is 1.37. The molecule has 1 aliphatic heterocycles. The molecule has 4 rings (SSSR count). The largest absolute Gasteiger partial charge is 0.493 e. The topological polar surface area (TPSA) is 24.8 Å². The van der Waals surface area contributed by atoms with Gasteiger partial charge in [0.15, 0.2) is 0 Å². The van der Waals surface area contributed by atoms with Crippen molar-refractivity contribution in [1.29, 1.82) is 0 Å². The second-order valence-corrected chi connectivity index (χ2v) is 8.57. The third-order valence-electron chi connectivity index (χ3n) is 5.58. The van der Waals surface area contributed by atoms with E-state index in [-0.39, 0.29) is 12.1 Å². The summed E-state index contributed by atoms with van der Waals surface area (Å²) in [5.74, 6) is 0.771. The smallest absolute Gasteiger partial charge is 0.416 e. The fourth-order valence-corrected chi connectivity index (χ4v) is 4.29. The lowest BCUT2D eigenvalue weighted by Gasteiger charge is -2.28. The van der Waals surface area contributed by atoms with Gasteiger partial charge in [0.25, 0.3) is 0 Å². The highest BCUT2D eigenvalue weighted by atomic mass is 35.5. The molecule has 2 unspecified atom stereocenters. The van der Waals surface area contributed by atoms with Crippen LogP contribution in [0.4, 0.5) is 13.2 Å². The van der Waals surface area contributed by atoms with Crippen LogP contribution in [0, 0.1) is 0 Å². The minimum absolute atomic E-state index is 0.262. The number of rotatable bonds is 5. The zero-order valence-electron chi connectivity index (χ0n) is 17.9. The molecule has 33 heavy (non-hydrogen) atoms. The van der Waals surface area contributed by atoms with Crippen LogP contribution in [0.3, 0.4) is 0 Å². The van der Waals surface area contributed by atoms with Gasteiger partial charge in [-0.3, -0.25) is 4.99 Å². The van der Waals surface area contributed by atoms with Crippen molar-refractivity contribution in [2.24, 2.45) is 4.99 Å². The third kappa shape index (κ3) is 4.82. The highest BCUT2D eigenvalue weighted by molar-refractivity contribution is 6.30. The fraction of sp³-hybridized carbons (Fsp3) is 0.240. The molecule has 0 saturated heterocycles. The normalized spacial score (nSPS) is 18.4. The molecule has 0 aromatic heterocycles. The van der Waals surface area contributed by atoms with Crippen LogP contribution in [0.5, 0.6) is 5.75 Å². The van der Waals surface area contributed by atoms with E-state index in [1.54, 1.807) is 31.2 Å². The fourth-order valence-electron chi connectivity index (χ4n) is 4.04. The Kier molecular flexibility index (Phi) is 6.59. The molecule has 0 saturated carbocycles. The summed E-state index contributed by atoms with van der Waals surface area (Å²) in [4.78, 5) is 6.79. The van der Waals surface area contributed by atoms with Crippen molar-refractivity contribution in [2.75, 3.05) is 13.7 Å². The maximum Gasteiger partial charge on any atom is 0.416 e. The van der Waals surface area contributed by atoms with Crippen LogP contribution < -0.4 is 4.74 Å². The van der Waals surface area contributed by atoms with Gasteiger partial charge in [-0.1, -0.05) is 47.5 Å². The number of halogens is 5. The van der Waals surface area contributed by atoms with E-state index in [1.807, 2.05) is 36.2 Å². The van der Waals surface area contributed by atoms with E-state index in [4.69, 9.17) is 32.9 Å². The van der Waals surface area contributed by atoms with Gasteiger partial charge in [-0.15, -0.1) is 0 Å². The number of ether oxygens (including phenoxy) is 1. The molecule has 8 heteroatoms. The quantitative estimate of drug-likeness (QED) is 0.366. The molecule has 2 atom stereocenters. The predicted molar refractivity (Wildman–Crippen MR) is 125 cm³/mol. The van der Waals surface area contributed by atoms with Crippen molar-refractivity contribution in [3.8, 4) is 5.75 Å². The van der Waals surface area contributed by atoms with E-state index in [0.29, 0.717) is 33.8 Å². The Morgan fingerprint density at radius 3 is 2.03 bits per heavy atom. The van der Waals surface area contributed by atoms with Gasteiger partial charge in [-0.25, -0.2) is 0 Å². The lowest BCUT2D eigenvalue weighted by molar-refractivity contribution is -0.137. The molecule has 0 spiro atoms. The van der Waals surface area contributed by atoms with Gasteiger partial charge in [-0.05, 0) is 60.5 Å². The summed E-state index contributed by atoms with van der Waals surface area (Å²) in [6.07, 6.45) is -4.48. The number of alkyl halides is 3. The Bertz CT molecular complexity index is 1160. The number of hydrogen-bond acceptors (Lipinski definition) is 3. The first kappa shape index (κ1) is 23.5. The van der Waals surface area contributed by atoms with Gasteiger partial charge in [-0.2, -0.15) is 13.2 Å². The van der Waals surface area contributed by atoms with Gasteiger partial charge in [0.2, 0.25) is 0 Å². The maximum absolute atomic E-state index is 13.5. The van der Waals surface area contributed by atoms with Crippen LogP contribution in [-0.2, 0) is 6.18 Å². The average Bonchev–Trinajstić information content (AvgIpc) is 3.11. The maximum atomic E-state index is 13.5. The number of hydrogen-bond donors (Lipinski definition) is 0. The zero-order valence-corrected chi connectivity index (χ0v) is 19.4. The second-order valence-electron chi connectivity index (χ2n) is 7.70. The zero-order chi connectivity index (χ0) is 23.8. The van der Waals surface area contributed by atoms with E-state index in [0.717, 1.165) is 23.3 Å². The first-order valence-corrected chi connectivity index (χ1v) is 11.1. The van der Waals surface area contributed by atoms with Gasteiger partial charge in [0.1, 0.15) is 17.6 Å². The van der Waals surface area contributed by atoms with E-state index in [2.05, 4.69) is 0 Å². The molecular weight excluding hydrogens is 472 g/mol. The van der Waals surface area contributed by atoms with Crippen molar-refractivity contribution < 1.29 is 17.9 Å². The molecule has 0 bridgehead atoms. The molecule has 3 aromatic rings. The highest BCUT2D eigenvalue weighted by Gasteiger charge is 2.39. The number of nitrogens with zero attached hydrogens (tertiary/aromatic N) is 2. The predicted octanol–water partition coefficient (Wildman–Crippen LogP) is 7.59. The molecule has 0 aliphatic carbocycles. The van der Waals surface area contributed by atoms with Crippen LogP contribution in [0.15, 0.2) is 71.7 Å². The third-order valence-corrected chi connectivity index (χ3v) is 6.09. The summed E-state index contributed by atoms with van der Waals surface area (Å²) in [6.45, 7) is 2.10. The SMILES string of the molecule is CCOc1ccc(C(F)(F)F)cc1C1=NC(c2ccc(Cl)cc2)C(c2ccc(Cl)cc2)N1C. The van der Waals surface area contributed by atoms with E-state index in [9.17, 15) is 13.2 Å². The number of benzene rings is 3. The Hall–Kier alpha value is -2.70. The average molecular weight is 493 g/mol. The van der Waals surface area contributed by atoms with Gasteiger partial charge < -0.3 is 9.64 Å². The first-order chi connectivity index (χ1) is 15.7. The Balaban J connectivity index is 1.87. The van der Waals surface area contributed by atoms with Crippen LogP contribution in [0.1, 0.15) is 41.3 Å². The Labute approximate surface area is 200 Å². The van der Waals surface area contributed by atoms with Crippen LogP contribution in [0.2, 0.25) is 10.0 Å². The lowest BCUT2D eigenvalue weighted by atomic mass is 9.94. The van der Waals surface area contributed by atoms with Crippen molar-refractivity contribution in [1.82, 2.24) is 4.90 Å². The van der Waals surface area contributed by atoms with Crippen molar-refractivity contribution in [2.45, 2.75) is 25.2 Å². The second kappa shape index (κ2) is 9.27. The molecule has 172 valence electrons. The first-order valence-electron chi connectivity index (χ1n) is 10.3. The lowest BCUT2D eigenvalue weighted by Crippen LogP contribution is -2.28. The highest BCUT2D eigenvalue weighted by Crippen LogP contribution is 2.44. The molecule has 3 aromatic carbocycles. The van der Waals surface area contributed by atoms with Crippen LogP contribution in [-0.4, -0.2) is 24.4 Å². The van der Waals surface area contributed by atoms with Crippen molar-refractivity contribution in [3.05, 3.63) is 99.0 Å². The summed E-state index contributed by atoms with van der Waals surface area (Å²) in [5, 5.41) is 1.19. The Morgan fingerprint density at radius 2 is 1.48 bits per heavy atom. The molecule has 0 fully saturated rings. The molecule has 1 heterocycles. The van der Waals surface area contributed by atoms with E-state index < -0.39 is 11.7 Å². The van der Waals surface area contributed by atoms with Crippen LogP contribution >= 0.6 is 23.2 Å². The van der Waals surface area contributed by atoms with Gasteiger partial charge in [0, 0.05) is 17.1 Å². The van der Waals surface area contributed by atoms with Crippen LogP contribution in [0.25, 0.3) is 0 Å². The van der Waals surface area contributed by atoms with Gasteiger partial charge >= 0.3 is 6.18 Å². The molecule has 3 nitrogen and oxygen atoms in total. The number of likely N-dealkylation sites (N-methyl/N-ethyl adjacent to an activating group) is 1. The molecule has 0 N–H and O–H groups in total. The molecule has 0 radical (unpaired) electrons.